The Morgan fingerprint density at radius 2 is 2.08 bits per heavy atom. The average Bonchev–Trinajstić information content (AvgIpc) is 3.16. The second-order valence-corrected chi connectivity index (χ2v) is 5.79. The molecule has 124 valence electrons. The average molecular weight is 346 g/mol. The van der Waals surface area contributed by atoms with Crippen molar-refractivity contribution in [2.75, 3.05) is 0 Å². The summed E-state index contributed by atoms with van der Waals surface area (Å²) < 4.78 is 8.82. The Kier molecular flexibility index (Phi) is 4.61. The number of esters is 1. The van der Waals surface area contributed by atoms with Crippen molar-refractivity contribution in [2.24, 2.45) is 7.05 Å². The van der Waals surface area contributed by atoms with E-state index in [1.54, 1.807) is 36.3 Å². The summed E-state index contributed by atoms with van der Waals surface area (Å²) in [6, 6.07) is 8.86. The number of hydrogen-bond acceptors (Lipinski definition) is 5. The van der Waals surface area contributed by atoms with Crippen LogP contribution in [0.15, 0.2) is 43.0 Å². The van der Waals surface area contributed by atoms with Gasteiger partial charge in [-0.1, -0.05) is 23.7 Å². The van der Waals surface area contributed by atoms with Gasteiger partial charge < -0.3 is 4.74 Å². The van der Waals surface area contributed by atoms with Crippen LogP contribution >= 0.6 is 11.6 Å². The van der Waals surface area contributed by atoms with Gasteiger partial charge in [0, 0.05) is 12.1 Å². The second-order valence-electron chi connectivity index (χ2n) is 5.36. The normalized spacial score (nSPS) is 12.1. The topological polar surface area (TPSA) is 74.8 Å². The van der Waals surface area contributed by atoms with Gasteiger partial charge in [-0.3, -0.25) is 4.68 Å². The highest BCUT2D eigenvalue weighted by atomic mass is 35.5. The molecule has 24 heavy (non-hydrogen) atoms. The van der Waals surface area contributed by atoms with Crippen LogP contribution in [0.1, 0.15) is 27.8 Å². The van der Waals surface area contributed by atoms with Crippen LogP contribution in [0.25, 0.3) is 0 Å². The lowest BCUT2D eigenvalue weighted by Crippen LogP contribution is -2.19. The molecular weight excluding hydrogens is 330 g/mol. The Labute approximate surface area is 143 Å². The SMILES string of the molecule is Cc1cc(C(=O)O[C@@H](Cn2cncn2)c2ccc(Cl)cc2)n(C)n1. The van der Waals surface area contributed by atoms with Crippen molar-refractivity contribution in [3.63, 3.8) is 0 Å². The molecule has 0 aliphatic heterocycles. The van der Waals surface area contributed by atoms with E-state index in [9.17, 15) is 4.79 Å². The molecule has 0 fully saturated rings. The van der Waals surface area contributed by atoms with Gasteiger partial charge in [-0.25, -0.2) is 14.5 Å². The van der Waals surface area contributed by atoms with Crippen molar-refractivity contribution in [2.45, 2.75) is 19.6 Å². The molecule has 0 aliphatic carbocycles. The number of carbonyl (C=O) groups excluding carboxylic acids is 1. The van der Waals surface area contributed by atoms with Crippen molar-refractivity contribution < 1.29 is 9.53 Å². The molecule has 2 heterocycles. The van der Waals surface area contributed by atoms with Crippen LogP contribution in [0.5, 0.6) is 0 Å². The molecule has 2 aromatic heterocycles. The summed E-state index contributed by atoms with van der Waals surface area (Å²) in [7, 11) is 1.71. The van der Waals surface area contributed by atoms with Gasteiger partial charge in [0.25, 0.3) is 0 Å². The van der Waals surface area contributed by atoms with E-state index in [0.29, 0.717) is 17.3 Å². The van der Waals surface area contributed by atoms with Gasteiger partial charge in [-0.05, 0) is 30.7 Å². The van der Waals surface area contributed by atoms with E-state index in [1.165, 1.54) is 11.0 Å². The summed E-state index contributed by atoms with van der Waals surface area (Å²) in [5.74, 6) is -0.446. The fourth-order valence-corrected chi connectivity index (χ4v) is 2.50. The fourth-order valence-electron chi connectivity index (χ4n) is 2.38. The molecule has 0 unspecified atom stereocenters. The molecule has 8 heteroatoms. The molecule has 1 aromatic carbocycles. The zero-order chi connectivity index (χ0) is 17.1. The van der Waals surface area contributed by atoms with Crippen LogP contribution < -0.4 is 0 Å². The van der Waals surface area contributed by atoms with Crippen molar-refractivity contribution in [1.82, 2.24) is 24.5 Å². The van der Waals surface area contributed by atoms with Crippen molar-refractivity contribution >= 4 is 17.6 Å². The Morgan fingerprint density at radius 3 is 2.67 bits per heavy atom. The first-order chi connectivity index (χ1) is 11.5. The maximum Gasteiger partial charge on any atom is 0.357 e. The minimum Gasteiger partial charge on any atom is -0.451 e. The maximum atomic E-state index is 12.5. The van der Waals surface area contributed by atoms with Gasteiger partial charge in [0.15, 0.2) is 0 Å². The molecule has 1 atom stereocenters. The summed E-state index contributed by atoms with van der Waals surface area (Å²) in [6.45, 7) is 2.17. The minimum atomic E-state index is -0.522. The lowest BCUT2D eigenvalue weighted by atomic mass is 10.1. The number of hydrogen-bond donors (Lipinski definition) is 0. The lowest BCUT2D eigenvalue weighted by Gasteiger charge is -2.18. The second kappa shape index (κ2) is 6.84. The lowest BCUT2D eigenvalue weighted by molar-refractivity contribution is 0.0234. The first kappa shape index (κ1) is 16.2. The molecule has 0 saturated heterocycles. The quantitative estimate of drug-likeness (QED) is 0.664. The van der Waals surface area contributed by atoms with E-state index >= 15 is 0 Å². The van der Waals surface area contributed by atoms with Crippen LogP contribution in [-0.2, 0) is 18.3 Å². The number of ether oxygens (including phenoxy) is 1. The molecule has 3 rings (SSSR count). The first-order valence-electron chi connectivity index (χ1n) is 7.32. The Hall–Kier alpha value is -2.67. The summed E-state index contributed by atoms with van der Waals surface area (Å²) >= 11 is 5.94. The number of rotatable bonds is 5. The number of nitrogens with zero attached hydrogens (tertiary/aromatic N) is 5. The molecule has 0 bridgehead atoms. The summed E-state index contributed by atoms with van der Waals surface area (Å²) in [6.07, 6.45) is 2.49. The third kappa shape index (κ3) is 3.62. The van der Waals surface area contributed by atoms with Gasteiger partial charge in [0.1, 0.15) is 24.5 Å². The third-order valence-electron chi connectivity index (χ3n) is 3.52. The zero-order valence-corrected chi connectivity index (χ0v) is 14.0. The summed E-state index contributed by atoms with van der Waals surface area (Å²) in [4.78, 5) is 16.4. The first-order valence-corrected chi connectivity index (χ1v) is 7.70. The van der Waals surface area contributed by atoms with Crippen LogP contribution in [-0.4, -0.2) is 30.5 Å². The smallest absolute Gasteiger partial charge is 0.357 e. The van der Waals surface area contributed by atoms with Crippen molar-refractivity contribution in [1.29, 1.82) is 0 Å². The predicted molar refractivity (Wildman–Crippen MR) is 87.6 cm³/mol. The summed E-state index contributed by atoms with van der Waals surface area (Å²) in [5, 5.41) is 8.86. The van der Waals surface area contributed by atoms with Crippen LogP contribution in [0.3, 0.4) is 0 Å². The molecule has 0 saturated carbocycles. The Balaban J connectivity index is 1.85. The van der Waals surface area contributed by atoms with Gasteiger partial charge in [-0.2, -0.15) is 10.2 Å². The molecule has 7 nitrogen and oxygen atoms in total. The van der Waals surface area contributed by atoms with Crippen LogP contribution in [0, 0.1) is 6.92 Å². The van der Waals surface area contributed by atoms with Crippen molar-refractivity contribution in [3.05, 3.63) is 65.0 Å². The van der Waals surface area contributed by atoms with Gasteiger partial charge >= 0.3 is 5.97 Å². The monoisotopic (exact) mass is 345 g/mol. The Morgan fingerprint density at radius 1 is 1.33 bits per heavy atom. The molecule has 0 amide bonds. The molecular formula is C16H16ClN5O2. The van der Waals surface area contributed by atoms with E-state index in [2.05, 4.69) is 15.2 Å². The largest absolute Gasteiger partial charge is 0.451 e. The van der Waals surface area contributed by atoms with Gasteiger partial charge in [0.2, 0.25) is 0 Å². The summed E-state index contributed by atoms with van der Waals surface area (Å²) in [5.41, 5.74) is 1.97. The van der Waals surface area contributed by atoms with Gasteiger partial charge in [0.05, 0.1) is 12.2 Å². The van der Waals surface area contributed by atoms with E-state index in [0.717, 1.165) is 11.3 Å². The van der Waals surface area contributed by atoms with E-state index in [4.69, 9.17) is 16.3 Å². The number of carbonyl (C=O) groups is 1. The number of aromatic nitrogens is 5. The van der Waals surface area contributed by atoms with Crippen molar-refractivity contribution in [3.8, 4) is 0 Å². The minimum absolute atomic E-state index is 0.351. The highest BCUT2D eigenvalue weighted by Gasteiger charge is 2.21. The fraction of sp³-hybridized carbons (Fsp3) is 0.250. The molecule has 0 N–H and O–H groups in total. The number of halogens is 1. The third-order valence-corrected chi connectivity index (χ3v) is 3.77. The predicted octanol–water partition coefficient (Wildman–Crippen LogP) is 2.57. The molecule has 0 radical (unpaired) electrons. The zero-order valence-electron chi connectivity index (χ0n) is 13.3. The van der Waals surface area contributed by atoms with Crippen LogP contribution in [0.4, 0.5) is 0 Å². The van der Waals surface area contributed by atoms with Gasteiger partial charge in [-0.15, -0.1) is 0 Å². The Bertz CT molecular complexity index is 827. The maximum absolute atomic E-state index is 12.5. The van der Waals surface area contributed by atoms with E-state index in [-0.39, 0.29) is 0 Å². The van der Waals surface area contributed by atoms with E-state index in [1.807, 2.05) is 19.1 Å². The number of benzene rings is 1. The van der Waals surface area contributed by atoms with Crippen LogP contribution in [0.2, 0.25) is 5.02 Å². The molecule has 0 spiro atoms. The van der Waals surface area contributed by atoms with E-state index < -0.39 is 12.1 Å². The molecule has 0 aliphatic rings. The highest BCUT2D eigenvalue weighted by molar-refractivity contribution is 6.30. The molecule has 3 aromatic rings. The highest BCUT2D eigenvalue weighted by Crippen LogP contribution is 2.23. The standard InChI is InChI=1S/C16H16ClN5O2/c1-11-7-14(21(2)20-11)16(23)24-15(8-22-10-18-9-19-22)12-3-5-13(17)6-4-12/h3-7,9-10,15H,8H2,1-2H3/t15-/m0/s1. The number of aryl methyl sites for hydroxylation is 2.